The number of rotatable bonds is 6. The first-order valence-corrected chi connectivity index (χ1v) is 4.76. The van der Waals surface area contributed by atoms with Crippen molar-refractivity contribution in [3.63, 3.8) is 0 Å². The summed E-state index contributed by atoms with van der Waals surface area (Å²) < 4.78 is 0. The van der Waals surface area contributed by atoms with Gasteiger partial charge in [0.25, 0.3) is 0 Å². The van der Waals surface area contributed by atoms with Crippen molar-refractivity contribution < 1.29 is 0 Å². The van der Waals surface area contributed by atoms with E-state index in [0.717, 1.165) is 13.1 Å². The Balaban J connectivity index is 1.81. The molecule has 2 nitrogen and oxygen atoms in total. The Bertz CT molecular complexity index is 108. The zero-order valence-corrected chi connectivity index (χ0v) is 7.53. The Morgan fingerprint density at radius 1 is 1.36 bits per heavy atom. The molecular formula is C9H20N2. The highest BCUT2D eigenvalue weighted by Crippen LogP contribution is 2.30. The number of nitrogens with two attached hydrogens (primary N) is 1. The molecule has 0 spiro atoms. The Labute approximate surface area is 69.5 Å². The lowest BCUT2D eigenvalue weighted by Gasteiger charge is -2.09. The van der Waals surface area contributed by atoms with E-state index in [9.17, 15) is 0 Å². The van der Waals surface area contributed by atoms with E-state index in [2.05, 4.69) is 12.2 Å². The Kier molecular flexibility index (Phi) is 3.34. The van der Waals surface area contributed by atoms with E-state index in [4.69, 9.17) is 5.73 Å². The minimum absolute atomic E-state index is 0.187. The van der Waals surface area contributed by atoms with Gasteiger partial charge in [-0.15, -0.1) is 0 Å². The molecule has 1 aliphatic rings. The zero-order valence-electron chi connectivity index (χ0n) is 7.53. The van der Waals surface area contributed by atoms with Crippen LogP contribution in [0.2, 0.25) is 0 Å². The van der Waals surface area contributed by atoms with Crippen LogP contribution in [0.25, 0.3) is 0 Å². The lowest BCUT2D eigenvalue weighted by atomic mass is 10.2. The average Bonchev–Trinajstić information content (AvgIpc) is 2.69. The molecule has 66 valence electrons. The molecule has 1 saturated carbocycles. The summed E-state index contributed by atoms with van der Waals surface area (Å²) in [4.78, 5) is 0. The van der Waals surface area contributed by atoms with E-state index < -0.39 is 0 Å². The van der Waals surface area contributed by atoms with Gasteiger partial charge in [0.05, 0.1) is 0 Å². The van der Waals surface area contributed by atoms with Crippen LogP contribution in [0.4, 0.5) is 0 Å². The summed E-state index contributed by atoms with van der Waals surface area (Å²) in [6.45, 7) is 4.40. The van der Waals surface area contributed by atoms with E-state index in [0.29, 0.717) is 0 Å². The fraction of sp³-hybridized carbons (Fsp3) is 1.00. The maximum Gasteiger partial charge on any atom is 0.0282 e. The highest BCUT2D eigenvalue weighted by atomic mass is 15.0. The fourth-order valence-electron chi connectivity index (χ4n) is 1.17. The van der Waals surface area contributed by atoms with Gasteiger partial charge in [0.15, 0.2) is 0 Å². The van der Waals surface area contributed by atoms with Gasteiger partial charge >= 0.3 is 0 Å². The average molecular weight is 156 g/mol. The molecule has 0 heterocycles. The maximum atomic E-state index is 5.90. The van der Waals surface area contributed by atoms with Crippen molar-refractivity contribution in [2.45, 2.75) is 44.6 Å². The van der Waals surface area contributed by atoms with E-state index in [1.807, 2.05) is 0 Å². The molecule has 1 fully saturated rings. The van der Waals surface area contributed by atoms with Crippen LogP contribution < -0.4 is 11.1 Å². The topological polar surface area (TPSA) is 38.0 Å². The molecule has 0 aromatic heterocycles. The van der Waals surface area contributed by atoms with Crippen molar-refractivity contribution in [3.8, 4) is 0 Å². The van der Waals surface area contributed by atoms with Crippen LogP contribution >= 0.6 is 0 Å². The van der Waals surface area contributed by atoms with Crippen molar-refractivity contribution in [1.29, 1.82) is 0 Å². The summed E-state index contributed by atoms with van der Waals surface area (Å²) in [5.74, 6) is 0. The molecule has 3 N–H and O–H groups in total. The van der Waals surface area contributed by atoms with Gasteiger partial charge in [0.2, 0.25) is 0 Å². The second-order valence-corrected chi connectivity index (χ2v) is 3.75. The molecule has 0 aromatic rings. The normalized spacial score (nSPS) is 20.2. The first-order valence-electron chi connectivity index (χ1n) is 4.76. The summed E-state index contributed by atoms with van der Waals surface area (Å²) in [5.41, 5.74) is 6.09. The van der Waals surface area contributed by atoms with Gasteiger partial charge in [0, 0.05) is 12.1 Å². The van der Waals surface area contributed by atoms with Gasteiger partial charge in [-0.3, -0.25) is 0 Å². The second kappa shape index (κ2) is 4.07. The van der Waals surface area contributed by atoms with Crippen molar-refractivity contribution in [2.75, 3.05) is 13.1 Å². The number of hydrogen-bond donors (Lipinski definition) is 2. The molecule has 0 atom stereocenters. The molecule has 0 bridgehead atoms. The molecule has 0 amide bonds. The van der Waals surface area contributed by atoms with E-state index in [1.165, 1.54) is 32.1 Å². The Hall–Kier alpha value is -0.0800. The molecule has 0 aromatic carbocycles. The van der Waals surface area contributed by atoms with E-state index in [1.54, 1.807) is 0 Å². The quantitative estimate of drug-likeness (QED) is 0.568. The van der Waals surface area contributed by atoms with Crippen molar-refractivity contribution >= 4 is 0 Å². The third-order valence-electron chi connectivity index (χ3n) is 2.33. The lowest BCUT2D eigenvalue weighted by Crippen LogP contribution is -2.36. The molecule has 1 rings (SSSR count). The smallest absolute Gasteiger partial charge is 0.0282 e. The van der Waals surface area contributed by atoms with E-state index in [-0.39, 0.29) is 5.54 Å². The molecule has 2 heteroatoms. The van der Waals surface area contributed by atoms with E-state index >= 15 is 0 Å². The molecule has 0 radical (unpaired) electrons. The molecule has 11 heavy (non-hydrogen) atoms. The summed E-state index contributed by atoms with van der Waals surface area (Å²) in [7, 11) is 0. The van der Waals surface area contributed by atoms with Gasteiger partial charge in [-0.05, 0) is 25.8 Å². The predicted octanol–water partition coefficient (Wildman–Crippen LogP) is 1.26. The van der Waals surface area contributed by atoms with Gasteiger partial charge in [-0.2, -0.15) is 0 Å². The van der Waals surface area contributed by atoms with Crippen LogP contribution in [0, 0.1) is 0 Å². The van der Waals surface area contributed by atoms with Gasteiger partial charge in [0.1, 0.15) is 0 Å². The third kappa shape index (κ3) is 3.73. The first kappa shape index (κ1) is 9.01. The highest BCUT2D eigenvalue weighted by molar-refractivity contribution is 5.00. The second-order valence-electron chi connectivity index (χ2n) is 3.75. The minimum atomic E-state index is 0.187. The SMILES string of the molecule is CCCCCNCC1(N)CC1. The fourth-order valence-corrected chi connectivity index (χ4v) is 1.17. The molecule has 0 saturated heterocycles. The number of nitrogens with one attached hydrogen (secondary N) is 1. The predicted molar refractivity (Wildman–Crippen MR) is 48.5 cm³/mol. The van der Waals surface area contributed by atoms with Crippen LogP contribution in [0.15, 0.2) is 0 Å². The molecule has 1 aliphatic carbocycles. The van der Waals surface area contributed by atoms with Crippen LogP contribution in [0.3, 0.4) is 0 Å². The minimum Gasteiger partial charge on any atom is -0.324 e. The summed E-state index contributed by atoms with van der Waals surface area (Å²) in [6.07, 6.45) is 6.37. The van der Waals surface area contributed by atoms with Gasteiger partial charge < -0.3 is 11.1 Å². The van der Waals surface area contributed by atoms with Gasteiger partial charge in [-0.1, -0.05) is 19.8 Å². The maximum absolute atomic E-state index is 5.90. The molecular weight excluding hydrogens is 136 g/mol. The largest absolute Gasteiger partial charge is 0.324 e. The summed E-state index contributed by atoms with van der Waals surface area (Å²) in [6, 6.07) is 0. The summed E-state index contributed by atoms with van der Waals surface area (Å²) in [5, 5.41) is 3.40. The first-order chi connectivity index (χ1) is 5.27. The van der Waals surface area contributed by atoms with Gasteiger partial charge in [-0.25, -0.2) is 0 Å². The highest BCUT2D eigenvalue weighted by Gasteiger charge is 2.37. The number of unbranched alkanes of at least 4 members (excludes halogenated alkanes) is 2. The number of hydrogen-bond acceptors (Lipinski definition) is 2. The lowest BCUT2D eigenvalue weighted by molar-refractivity contribution is 0.547. The van der Waals surface area contributed by atoms with Crippen molar-refractivity contribution in [1.82, 2.24) is 5.32 Å². The Morgan fingerprint density at radius 2 is 2.09 bits per heavy atom. The van der Waals surface area contributed by atoms with Crippen molar-refractivity contribution in [3.05, 3.63) is 0 Å². The Morgan fingerprint density at radius 3 is 2.64 bits per heavy atom. The van der Waals surface area contributed by atoms with Crippen LogP contribution in [0.1, 0.15) is 39.0 Å². The van der Waals surface area contributed by atoms with Crippen LogP contribution in [-0.4, -0.2) is 18.6 Å². The molecule has 0 aliphatic heterocycles. The van der Waals surface area contributed by atoms with Crippen LogP contribution in [-0.2, 0) is 0 Å². The monoisotopic (exact) mass is 156 g/mol. The standard InChI is InChI=1S/C9H20N2/c1-2-3-4-7-11-8-9(10)5-6-9/h11H,2-8,10H2,1H3. The zero-order chi connectivity index (χ0) is 8.16. The third-order valence-corrected chi connectivity index (χ3v) is 2.33. The summed E-state index contributed by atoms with van der Waals surface area (Å²) >= 11 is 0. The molecule has 0 unspecified atom stereocenters. The van der Waals surface area contributed by atoms with Crippen LogP contribution in [0.5, 0.6) is 0 Å². The van der Waals surface area contributed by atoms with Crippen molar-refractivity contribution in [2.24, 2.45) is 5.73 Å².